The van der Waals surface area contributed by atoms with Gasteiger partial charge in [-0.25, -0.2) is 4.79 Å². The number of aliphatic carboxylic acids is 1. The summed E-state index contributed by atoms with van der Waals surface area (Å²) in [7, 11) is 0. The summed E-state index contributed by atoms with van der Waals surface area (Å²) in [6.07, 6.45) is 14.1. The molecule has 10 heteroatoms. The number of hydrogen-bond donors (Lipinski definition) is 1. The maximum absolute atomic E-state index is 11.3. The molecule has 0 bridgehead atoms. The zero-order valence-corrected chi connectivity index (χ0v) is 23.6. The molecular formula is C28H52O10. The average Bonchev–Trinajstić information content (AvgIpc) is 2.91. The van der Waals surface area contributed by atoms with Gasteiger partial charge in [0.15, 0.2) is 0 Å². The minimum Gasteiger partial charge on any atom is -0.476 e. The first kappa shape index (κ1) is 36.4. The number of carboxylic acid groups (broad SMARTS) is 1. The summed E-state index contributed by atoms with van der Waals surface area (Å²) in [5.74, 6) is -3.19. The number of carbonyl (C=O) groups is 3. The van der Waals surface area contributed by atoms with Gasteiger partial charge in [0.2, 0.25) is 5.78 Å². The molecule has 0 aromatic rings. The highest BCUT2D eigenvalue weighted by atomic mass is 16.6. The molecule has 0 rings (SSSR count). The summed E-state index contributed by atoms with van der Waals surface area (Å²) in [4.78, 5) is 32.6. The van der Waals surface area contributed by atoms with E-state index < -0.39 is 17.7 Å². The van der Waals surface area contributed by atoms with Crippen LogP contribution in [0.5, 0.6) is 0 Å². The molecule has 224 valence electrons. The smallest absolute Gasteiger partial charge is 0.372 e. The molecule has 38 heavy (non-hydrogen) atoms. The van der Waals surface area contributed by atoms with Crippen molar-refractivity contribution >= 4 is 17.7 Å². The van der Waals surface area contributed by atoms with Crippen molar-refractivity contribution in [3.8, 4) is 0 Å². The van der Waals surface area contributed by atoms with E-state index in [2.05, 4.69) is 6.92 Å². The largest absolute Gasteiger partial charge is 0.476 e. The molecule has 0 aliphatic rings. The van der Waals surface area contributed by atoms with Gasteiger partial charge in [0.05, 0.1) is 65.9 Å². The molecule has 0 amide bonds. The van der Waals surface area contributed by atoms with Crippen LogP contribution in [0.3, 0.4) is 0 Å². The van der Waals surface area contributed by atoms with E-state index in [4.69, 9.17) is 33.5 Å². The standard InChI is InChI=1S/C28H52O10/c1-2-3-4-5-6-7-8-9-10-11-12-15-33-16-17-34-18-19-35-20-21-36-22-23-37-24-25-38-27(30)14-13-26(29)28(31)32/h2-25H2,1H3,(H,31,32). The van der Waals surface area contributed by atoms with Gasteiger partial charge in [-0.2, -0.15) is 0 Å². The number of rotatable bonds is 31. The molecule has 0 heterocycles. The summed E-state index contributed by atoms with van der Waals surface area (Å²) in [6, 6.07) is 0. The minimum absolute atomic E-state index is 0.0353. The summed E-state index contributed by atoms with van der Waals surface area (Å²) >= 11 is 0. The third-order valence-corrected chi connectivity index (χ3v) is 5.67. The van der Waals surface area contributed by atoms with E-state index in [9.17, 15) is 14.4 Å². The van der Waals surface area contributed by atoms with E-state index >= 15 is 0 Å². The molecule has 0 unspecified atom stereocenters. The number of carboxylic acids is 1. The average molecular weight is 549 g/mol. The molecule has 0 fully saturated rings. The fraction of sp³-hybridized carbons (Fsp3) is 0.893. The fourth-order valence-corrected chi connectivity index (χ4v) is 3.46. The Morgan fingerprint density at radius 3 is 1.26 bits per heavy atom. The first-order chi connectivity index (χ1) is 18.6. The molecule has 10 nitrogen and oxygen atoms in total. The van der Waals surface area contributed by atoms with Crippen molar-refractivity contribution < 1.29 is 47.9 Å². The number of carbonyl (C=O) groups excluding carboxylic acids is 2. The Labute approximate surface area is 229 Å². The molecule has 0 aliphatic carbocycles. The lowest BCUT2D eigenvalue weighted by Crippen LogP contribution is -2.17. The van der Waals surface area contributed by atoms with E-state index in [1.54, 1.807) is 0 Å². The summed E-state index contributed by atoms with van der Waals surface area (Å²) in [6.45, 7) is 7.14. The summed E-state index contributed by atoms with van der Waals surface area (Å²) in [5.41, 5.74) is 0. The quantitative estimate of drug-likeness (QED) is 0.0758. The summed E-state index contributed by atoms with van der Waals surface area (Å²) in [5, 5.41) is 8.43. The monoisotopic (exact) mass is 548 g/mol. The van der Waals surface area contributed by atoms with Crippen molar-refractivity contribution in [3.63, 3.8) is 0 Å². The van der Waals surface area contributed by atoms with Crippen LogP contribution in [0, 0.1) is 0 Å². The Kier molecular flexibility index (Phi) is 28.7. The van der Waals surface area contributed by atoms with Gasteiger partial charge in [0, 0.05) is 13.0 Å². The zero-order chi connectivity index (χ0) is 27.9. The first-order valence-electron chi connectivity index (χ1n) is 14.4. The Morgan fingerprint density at radius 1 is 0.474 bits per heavy atom. The second kappa shape index (κ2) is 30.0. The van der Waals surface area contributed by atoms with Crippen LogP contribution in [0.25, 0.3) is 0 Å². The van der Waals surface area contributed by atoms with Crippen LogP contribution < -0.4 is 0 Å². The van der Waals surface area contributed by atoms with Crippen molar-refractivity contribution in [2.45, 2.75) is 90.4 Å². The van der Waals surface area contributed by atoms with Crippen molar-refractivity contribution in [3.05, 3.63) is 0 Å². The molecule has 0 saturated heterocycles. The lowest BCUT2D eigenvalue weighted by Gasteiger charge is -2.08. The number of ether oxygens (including phenoxy) is 6. The van der Waals surface area contributed by atoms with Gasteiger partial charge in [-0.15, -0.1) is 0 Å². The van der Waals surface area contributed by atoms with Gasteiger partial charge in [-0.1, -0.05) is 71.1 Å². The lowest BCUT2D eigenvalue weighted by atomic mass is 10.1. The Hall–Kier alpha value is -1.59. The topological polar surface area (TPSA) is 127 Å². The molecule has 1 N–H and O–H groups in total. The van der Waals surface area contributed by atoms with Gasteiger partial charge in [-0.05, 0) is 6.42 Å². The van der Waals surface area contributed by atoms with Gasteiger partial charge in [-0.3, -0.25) is 9.59 Å². The molecule has 0 spiro atoms. The van der Waals surface area contributed by atoms with Crippen LogP contribution in [-0.4, -0.2) is 95.5 Å². The van der Waals surface area contributed by atoms with Crippen LogP contribution in [0.1, 0.15) is 90.4 Å². The van der Waals surface area contributed by atoms with Gasteiger partial charge in [0.1, 0.15) is 6.61 Å². The van der Waals surface area contributed by atoms with Crippen LogP contribution in [0.2, 0.25) is 0 Å². The second-order valence-corrected chi connectivity index (χ2v) is 9.05. The van der Waals surface area contributed by atoms with Crippen molar-refractivity contribution in [1.82, 2.24) is 0 Å². The van der Waals surface area contributed by atoms with Crippen molar-refractivity contribution in [2.24, 2.45) is 0 Å². The first-order valence-corrected chi connectivity index (χ1v) is 14.4. The van der Waals surface area contributed by atoms with E-state index in [-0.39, 0.29) is 26.1 Å². The normalized spacial score (nSPS) is 11.1. The Bertz CT molecular complexity index is 556. The number of ketones is 1. The third kappa shape index (κ3) is 29.0. The van der Waals surface area contributed by atoms with Crippen molar-refractivity contribution in [1.29, 1.82) is 0 Å². The highest BCUT2D eigenvalue weighted by Gasteiger charge is 2.14. The number of esters is 1. The maximum atomic E-state index is 11.3. The molecule has 0 aromatic carbocycles. The number of unbranched alkanes of at least 4 members (excludes halogenated alkanes) is 10. The predicted octanol–water partition coefficient (Wildman–Crippen LogP) is 4.36. The molecule has 0 saturated carbocycles. The van der Waals surface area contributed by atoms with Crippen LogP contribution in [-0.2, 0) is 42.8 Å². The highest BCUT2D eigenvalue weighted by molar-refractivity contribution is 6.32. The maximum Gasteiger partial charge on any atom is 0.372 e. The molecule has 0 aromatic heterocycles. The number of hydrogen-bond acceptors (Lipinski definition) is 9. The molecule has 0 radical (unpaired) electrons. The van der Waals surface area contributed by atoms with Gasteiger partial charge in [0.25, 0.3) is 0 Å². The van der Waals surface area contributed by atoms with Gasteiger partial charge < -0.3 is 33.5 Å². The third-order valence-electron chi connectivity index (χ3n) is 5.67. The van der Waals surface area contributed by atoms with E-state index in [0.717, 1.165) is 13.0 Å². The molecule has 0 aliphatic heterocycles. The number of Topliss-reactive ketones (excluding diaryl/α,β-unsaturated/α-hetero) is 1. The Balaban J connectivity index is 3.13. The highest BCUT2D eigenvalue weighted by Crippen LogP contribution is 2.11. The zero-order valence-electron chi connectivity index (χ0n) is 23.6. The second-order valence-electron chi connectivity index (χ2n) is 9.05. The Morgan fingerprint density at radius 2 is 0.842 bits per heavy atom. The van der Waals surface area contributed by atoms with Crippen LogP contribution >= 0.6 is 0 Å². The lowest BCUT2D eigenvalue weighted by molar-refractivity contribution is -0.151. The van der Waals surface area contributed by atoms with E-state index in [1.807, 2.05) is 0 Å². The molecular weight excluding hydrogens is 496 g/mol. The SMILES string of the molecule is CCCCCCCCCCCCCOCCOCCOCCOCCOCCOC(=O)CCC(=O)C(=O)O. The summed E-state index contributed by atoms with van der Waals surface area (Å²) < 4.78 is 32.0. The fourth-order valence-electron chi connectivity index (χ4n) is 3.46. The predicted molar refractivity (Wildman–Crippen MR) is 143 cm³/mol. The van der Waals surface area contributed by atoms with E-state index in [1.165, 1.54) is 64.2 Å². The van der Waals surface area contributed by atoms with Crippen molar-refractivity contribution in [2.75, 3.05) is 72.7 Å². The van der Waals surface area contributed by atoms with Crippen LogP contribution in [0.15, 0.2) is 0 Å². The van der Waals surface area contributed by atoms with Crippen LogP contribution in [0.4, 0.5) is 0 Å². The van der Waals surface area contributed by atoms with E-state index in [0.29, 0.717) is 52.9 Å². The van der Waals surface area contributed by atoms with Gasteiger partial charge >= 0.3 is 11.9 Å². The molecule has 0 atom stereocenters. The minimum atomic E-state index is -1.55.